The monoisotopic (exact) mass is 1370 g/mol. The Morgan fingerprint density at radius 2 is 0.495 bits per heavy atom. The Morgan fingerprint density at radius 3 is 0.731 bits per heavy atom. The third-order valence-electron chi connectivity index (χ3n) is 17.3. The molecule has 19 heteroatoms. The Balaban J connectivity index is 5.15. The van der Waals surface area contributed by atoms with Crippen molar-refractivity contribution in [2.45, 2.75) is 406 Å². The van der Waals surface area contributed by atoms with Crippen molar-refractivity contribution in [3.8, 4) is 0 Å². The van der Waals surface area contributed by atoms with Gasteiger partial charge >= 0.3 is 39.5 Å². The molecule has 0 fully saturated rings. The quantitative estimate of drug-likeness (QED) is 0.0222. The van der Waals surface area contributed by atoms with Crippen molar-refractivity contribution in [3.05, 3.63) is 0 Å². The summed E-state index contributed by atoms with van der Waals surface area (Å²) < 4.78 is 68.3. The number of esters is 4. The highest BCUT2D eigenvalue weighted by molar-refractivity contribution is 7.47. The molecule has 0 heterocycles. The average Bonchev–Trinajstić information content (AvgIpc) is 3.74. The fourth-order valence-corrected chi connectivity index (χ4v) is 12.9. The summed E-state index contributed by atoms with van der Waals surface area (Å²) in [6.07, 6.45) is 56.0. The first-order valence-electron chi connectivity index (χ1n) is 38.6. The van der Waals surface area contributed by atoms with E-state index in [-0.39, 0.29) is 25.7 Å². The van der Waals surface area contributed by atoms with Crippen LogP contribution in [0.5, 0.6) is 0 Å². The largest absolute Gasteiger partial charge is 0.472 e. The highest BCUT2D eigenvalue weighted by atomic mass is 31.2. The van der Waals surface area contributed by atoms with Crippen LogP contribution >= 0.6 is 15.6 Å². The summed E-state index contributed by atoms with van der Waals surface area (Å²) in [7, 11) is -9.90. The zero-order chi connectivity index (χ0) is 68.4. The lowest BCUT2D eigenvalue weighted by atomic mass is 10.0. The van der Waals surface area contributed by atoms with Crippen LogP contribution in [0.3, 0.4) is 0 Å². The van der Waals surface area contributed by atoms with Gasteiger partial charge < -0.3 is 33.8 Å². The molecule has 0 amide bonds. The molecule has 0 aliphatic carbocycles. The number of ether oxygens (including phenoxy) is 4. The number of hydrogen-bond acceptors (Lipinski definition) is 15. The van der Waals surface area contributed by atoms with Crippen LogP contribution in [0.25, 0.3) is 0 Å². The molecule has 93 heavy (non-hydrogen) atoms. The van der Waals surface area contributed by atoms with Crippen molar-refractivity contribution in [1.82, 2.24) is 0 Å². The standard InChI is InChI=1S/C74H144O17P2/c1-6-9-12-15-18-20-22-24-26-28-29-30-32-34-36-38-40-43-49-54-59-73(78)90-69(64-85-72(77)58-53-48-42-39-37-35-33-31-27-25-23-21-19-16-13-10-7-2)65-88-92(80,81)86-61-68(75)62-87-93(82,83)89-66-70(63-84-71(76)57-52-47-41-17-14-11-8-3)91-74(79)60-55-50-45-44-46-51-56-67(4)5/h67-70,75H,6-66H2,1-5H3,(H,80,81)(H,82,83)/t68-,69-,70-/m1/s1. The molecule has 552 valence electrons. The Bertz CT molecular complexity index is 1790. The van der Waals surface area contributed by atoms with Crippen LogP contribution in [0.4, 0.5) is 0 Å². The van der Waals surface area contributed by atoms with Crippen LogP contribution in [-0.4, -0.2) is 96.7 Å². The van der Waals surface area contributed by atoms with E-state index in [0.29, 0.717) is 31.6 Å². The third kappa shape index (κ3) is 68.4. The normalized spacial score (nSPS) is 14.0. The van der Waals surface area contributed by atoms with Crippen molar-refractivity contribution in [2.24, 2.45) is 5.92 Å². The van der Waals surface area contributed by atoms with E-state index in [1.54, 1.807) is 0 Å². The van der Waals surface area contributed by atoms with E-state index in [4.69, 9.17) is 37.0 Å². The minimum absolute atomic E-state index is 0.102. The molecule has 0 aromatic rings. The number of hydrogen-bond donors (Lipinski definition) is 3. The highest BCUT2D eigenvalue weighted by Gasteiger charge is 2.30. The molecule has 0 bridgehead atoms. The molecule has 17 nitrogen and oxygen atoms in total. The Morgan fingerprint density at radius 1 is 0.290 bits per heavy atom. The molecular formula is C74H144O17P2. The first-order valence-corrected chi connectivity index (χ1v) is 41.6. The van der Waals surface area contributed by atoms with Gasteiger partial charge in [-0.25, -0.2) is 9.13 Å². The first kappa shape index (κ1) is 91.1. The highest BCUT2D eigenvalue weighted by Crippen LogP contribution is 2.45. The third-order valence-corrected chi connectivity index (χ3v) is 19.2. The van der Waals surface area contributed by atoms with E-state index in [1.165, 1.54) is 199 Å². The van der Waals surface area contributed by atoms with E-state index < -0.39 is 97.5 Å². The molecule has 0 aromatic heterocycles. The van der Waals surface area contributed by atoms with Crippen molar-refractivity contribution in [3.63, 3.8) is 0 Å². The van der Waals surface area contributed by atoms with Gasteiger partial charge in [-0.05, 0) is 31.6 Å². The molecule has 0 radical (unpaired) electrons. The minimum atomic E-state index is -4.95. The molecule has 0 aliphatic rings. The summed E-state index contributed by atoms with van der Waals surface area (Å²) in [5.41, 5.74) is 0. The van der Waals surface area contributed by atoms with Gasteiger partial charge in [0.15, 0.2) is 12.2 Å². The number of carbonyl (C=O) groups excluding carboxylic acids is 4. The van der Waals surface area contributed by atoms with Crippen molar-refractivity contribution in [1.29, 1.82) is 0 Å². The summed E-state index contributed by atoms with van der Waals surface area (Å²) in [6.45, 7) is 7.14. The lowest BCUT2D eigenvalue weighted by molar-refractivity contribution is -0.161. The van der Waals surface area contributed by atoms with E-state index in [0.717, 1.165) is 103 Å². The maximum absolute atomic E-state index is 13.1. The molecule has 0 spiro atoms. The van der Waals surface area contributed by atoms with E-state index in [1.807, 2.05) is 0 Å². The molecular weight excluding hydrogens is 1220 g/mol. The van der Waals surface area contributed by atoms with Gasteiger partial charge in [-0.3, -0.25) is 37.3 Å². The molecule has 0 aliphatic heterocycles. The van der Waals surface area contributed by atoms with Crippen LogP contribution in [-0.2, 0) is 65.4 Å². The van der Waals surface area contributed by atoms with Gasteiger partial charge in [0.25, 0.3) is 0 Å². The summed E-state index contributed by atoms with van der Waals surface area (Å²) in [5.74, 6) is -1.46. The number of aliphatic hydroxyl groups excluding tert-OH is 1. The van der Waals surface area contributed by atoms with Crippen molar-refractivity contribution in [2.75, 3.05) is 39.6 Å². The average molecular weight is 1370 g/mol. The van der Waals surface area contributed by atoms with E-state index in [2.05, 4.69) is 34.6 Å². The molecule has 3 N–H and O–H groups in total. The van der Waals surface area contributed by atoms with Gasteiger partial charge in [0.1, 0.15) is 19.3 Å². The summed E-state index contributed by atoms with van der Waals surface area (Å²) >= 11 is 0. The van der Waals surface area contributed by atoms with Crippen molar-refractivity contribution >= 4 is 39.5 Å². The minimum Gasteiger partial charge on any atom is -0.462 e. The summed E-state index contributed by atoms with van der Waals surface area (Å²) in [4.78, 5) is 72.5. The smallest absolute Gasteiger partial charge is 0.462 e. The Labute approximate surface area is 568 Å². The number of unbranched alkanes of at least 4 members (excludes halogenated alkanes) is 46. The number of carbonyl (C=O) groups is 4. The fraction of sp³-hybridized carbons (Fsp3) is 0.946. The van der Waals surface area contributed by atoms with Crippen molar-refractivity contribution < 1.29 is 80.2 Å². The lowest BCUT2D eigenvalue weighted by Crippen LogP contribution is -2.30. The predicted molar refractivity (Wildman–Crippen MR) is 377 cm³/mol. The van der Waals surface area contributed by atoms with Gasteiger partial charge in [0.2, 0.25) is 0 Å². The second-order valence-electron chi connectivity index (χ2n) is 27.2. The van der Waals surface area contributed by atoms with Crippen LogP contribution in [0, 0.1) is 5.92 Å². The van der Waals surface area contributed by atoms with Crippen LogP contribution in [0.2, 0.25) is 0 Å². The maximum Gasteiger partial charge on any atom is 0.472 e. The van der Waals surface area contributed by atoms with Gasteiger partial charge in [-0.15, -0.1) is 0 Å². The summed E-state index contributed by atoms with van der Waals surface area (Å²) in [6, 6.07) is 0. The molecule has 0 saturated heterocycles. The molecule has 0 rings (SSSR count). The fourth-order valence-electron chi connectivity index (χ4n) is 11.4. The summed E-state index contributed by atoms with van der Waals surface area (Å²) in [5, 5.41) is 10.6. The van der Waals surface area contributed by atoms with Gasteiger partial charge in [0.05, 0.1) is 26.4 Å². The zero-order valence-electron chi connectivity index (χ0n) is 60.4. The van der Waals surface area contributed by atoms with E-state index in [9.17, 15) is 43.2 Å². The number of phosphoric ester groups is 2. The number of aliphatic hydroxyl groups is 1. The first-order chi connectivity index (χ1) is 45.0. The Hall–Kier alpha value is -1.94. The van der Waals surface area contributed by atoms with Gasteiger partial charge in [-0.1, -0.05) is 336 Å². The van der Waals surface area contributed by atoms with Crippen LogP contribution in [0.15, 0.2) is 0 Å². The molecule has 0 saturated carbocycles. The zero-order valence-corrected chi connectivity index (χ0v) is 62.2. The Kier molecular flexibility index (Phi) is 65.9. The lowest BCUT2D eigenvalue weighted by Gasteiger charge is -2.21. The molecule has 0 aromatic carbocycles. The predicted octanol–water partition coefficient (Wildman–Crippen LogP) is 21.7. The maximum atomic E-state index is 13.1. The molecule has 5 atom stereocenters. The topological polar surface area (TPSA) is 237 Å². The van der Waals surface area contributed by atoms with Gasteiger partial charge in [-0.2, -0.15) is 0 Å². The number of rotatable bonds is 74. The molecule has 2 unspecified atom stereocenters. The van der Waals surface area contributed by atoms with Crippen LogP contribution < -0.4 is 0 Å². The number of phosphoric acid groups is 2. The second kappa shape index (κ2) is 67.3. The second-order valence-corrected chi connectivity index (χ2v) is 30.1. The SMILES string of the molecule is CCCCCCCCCCCCCCCCCCCCCCC(=O)O[C@H](COC(=O)CCCCCCCCCCCCCCCCCCC)COP(=O)(O)OC[C@@H](O)COP(=O)(O)OC[C@@H](COC(=O)CCCCCCCCC)OC(=O)CCCCCCCCC(C)C. The van der Waals surface area contributed by atoms with Crippen LogP contribution in [0.1, 0.15) is 388 Å². The van der Waals surface area contributed by atoms with E-state index >= 15 is 0 Å². The van der Waals surface area contributed by atoms with Gasteiger partial charge in [0, 0.05) is 25.7 Å².